The summed E-state index contributed by atoms with van der Waals surface area (Å²) in [6.45, 7) is 7.10. The van der Waals surface area contributed by atoms with Crippen molar-refractivity contribution in [2.24, 2.45) is 5.41 Å². The highest BCUT2D eigenvalue weighted by molar-refractivity contribution is 6.31. The molecule has 0 aromatic heterocycles. The van der Waals surface area contributed by atoms with Crippen LogP contribution in [-0.2, 0) is 13.0 Å². The van der Waals surface area contributed by atoms with Crippen molar-refractivity contribution in [2.75, 3.05) is 39.3 Å². The second kappa shape index (κ2) is 7.94. The van der Waals surface area contributed by atoms with Crippen LogP contribution in [-0.4, -0.2) is 60.3 Å². The minimum Gasteiger partial charge on any atom is -0.396 e. The topological polar surface area (TPSA) is 55.8 Å². The number of aliphatic hydroxyl groups excluding tert-OH is 1. The third kappa shape index (κ3) is 4.46. The van der Waals surface area contributed by atoms with Crippen LogP contribution in [0, 0.1) is 5.41 Å². The molecule has 0 aliphatic carbocycles. The van der Waals surface area contributed by atoms with E-state index in [0.29, 0.717) is 6.54 Å². The van der Waals surface area contributed by atoms with Gasteiger partial charge in [-0.3, -0.25) is 4.90 Å². The fourth-order valence-corrected chi connectivity index (χ4v) is 3.94. The van der Waals surface area contributed by atoms with Gasteiger partial charge in [-0.2, -0.15) is 0 Å². The monoisotopic (exact) mass is 365 g/mol. The highest BCUT2D eigenvalue weighted by Crippen LogP contribution is 2.30. The fraction of sp³-hybridized carbons (Fsp3) is 0.632. The largest absolute Gasteiger partial charge is 0.396 e. The molecule has 1 saturated heterocycles. The van der Waals surface area contributed by atoms with E-state index in [1.807, 2.05) is 17.0 Å². The van der Waals surface area contributed by atoms with E-state index in [1.165, 1.54) is 11.1 Å². The molecule has 2 amide bonds. The fourth-order valence-electron chi connectivity index (χ4n) is 3.65. The number of nitrogens with zero attached hydrogens (tertiary/aromatic N) is 2. The molecule has 2 aliphatic heterocycles. The number of halogens is 1. The number of hydrogen-bond acceptors (Lipinski definition) is 3. The summed E-state index contributed by atoms with van der Waals surface area (Å²) < 4.78 is 0. The molecule has 0 unspecified atom stereocenters. The van der Waals surface area contributed by atoms with Gasteiger partial charge < -0.3 is 15.3 Å². The molecule has 1 aromatic rings. The minimum atomic E-state index is -0.0285. The zero-order chi connectivity index (χ0) is 17.9. The summed E-state index contributed by atoms with van der Waals surface area (Å²) in [7, 11) is 0. The second-order valence-electron chi connectivity index (χ2n) is 7.59. The Morgan fingerprint density at radius 3 is 2.80 bits per heavy atom. The van der Waals surface area contributed by atoms with E-state index in [1.54, 1.807) is 0 Å². The molecule has 1 aromatic carbocycles. The van der Waals surface area contributed by atoms with Crippen molar-refractivity contribution in [1.82, 2.24) is 15.1 Å². The summed E-state index contributed by atoms with van der Waals surface area (Å²) in [5, 5.41) is 13.3. The summed E-state index contributed by atoms with van der Waals surface area (Å²) in [4.78, 5) is 16.5. The van der Waals surface area contributed by atoms with Crippen LogP contribution in [0.2, 0.25) is 5.02 Å². The molecule has 0 spiro atoms. The number of fused-ring (bicyclic) bond motifs is 1. The summed E-state index contributed by atoms with van der Waals surface area (Å²) in [6.07, 6.45) is 2.69. The summed E-state index contributed by atoms with van der Waals surface area (Å²) in [5.41, 5.74) is 2.54. The maximum absolute atomic E-state index is 12.3. The molecule has 0 saturated carbocycles. The number of likely N-dealkylation sites (tertiary alicyclic amines) is 1. The maximum Gasteiger partial charge on any atom is 0.317 e. The van der Waals surface area contributed by atoms with Gasteiger partial charge in [-0.05, 0) is 41.9 Å². The Kier molecular flexibility index (Phi) is 5.87. The molecule has 6 heteroatoms. The van der Waals surface area contributed by atoms with Crippen LogP contribution in [0.25, 0.3) is 0 Å². The minimum absolute atomic E-state index is 0.0143. The van der Waals surface area contributed by atoms with Crippen molar-refractivity contribution in [3.63, 3.8) is 0 Å². The Balaban J connectivity index is 1.41. The van der Waals surface area contributed by atoms with Gasteiger partial charge in [-0.25, -0.2) is 4.79 Å². The van der Waals surface area contributed by atoms with Gasteiger partial charge in [0.1, 0.15) is 0 Å². The molecule has 0 radical (unpaired) electrons. The third-order valence-corrected chi connectivity index (χ3v) is 5.99. The summed E-state index contributed by atoms with van der Waals surface area (Å²) in [6, 6.07) is 6.11. The van der Waals surface area contributed by atoms with Gasteiger partial charge in [0, 0.05) is 50.9 Å². The van der Waals surface area contributed by atoms with Gasteiger partial charge >= 0.3 is 6.03 Å². The SMILES string of the molecule is CC1(CO)CCN(C(=O)NCCN2CCc3c(Cl)cccc3C2)CC1. The number of carbonyl (C=O) groups excluding carboxylic acids is 1. The van der Waals surface area contributed by atoms with Gasteiger partial charge in [0.2, 0.25) is 0 Å². The Hall–Kier alpha value is -1.30. The van der Waals surface area contributed by atoms with Crippen molar-refractivity contribution in [1.29, 1.82) is 0 Å². The Bertz CT molecular complexity index is 615. The molecule has 0 bridgehead atoms. The van der Waals surface area contributed by atoms with Gasteiger partial charge in [-0.1, -0.05) is 30.7 Å². The highest BCUT2D eigenvalue weighted by atomic mass is 35.5. The number of benzene rings is 1. The number of rotatable bonds is 4. The zero-order valence-corrected chi connectivity index (χ0v) is 15.7. The number of nitrogens with one attached hydrogen (secondary N) is 1. The Labute approximate surface area is 154 Å². The standard InChI is InChI=1S/C19H28ClN3O2/c1-19(14-24)6-10-23(11-7-19)18(25)21-8-12-22-9-5-16-15(13-22)3-2-4-17(16)20/h2-4,24H,5-14H2,1H3,(H,21,25). The summed E-state index contributed by atoms with van der Waals surface area (Å²) >= 11 is 6.26. The second-order valence-corrected chi connectivity index (χ2v) is 8.00. The lowest BCUT2D eigenvalue weighted by atomic mass is 9.81. The first-order chi connectivity index (χ1) is 12.0. The smallest absolute Gasteiger partial charge is 0.317 e. The predicted octanol–water partition coefficient (Wildman–Crippen LogP) is 2.50. The van der Waals surface area contributed by atoms with E-state index < -0.39 is 0 Å². The lowest BCUT2D eigenvalue weighted by Gasteiger charge is -2.38. The molecule has 2 aliphatic rings. The lowest BCUT2D eigenvalue weighted by Crippen LogP contribution is -2.49. The van der Waals surface area contributed by atoms with Crippen LogP contribution in [0.5, 0.6) is 0 Å². The first-order valence-corrected chi connectivity index (χ1v) is 9.51. The molecule has 2 heterocycles. The molecular formula is C19H28ClN3O2. The molecule has 25 heavy (non-hydrogen) atoms. The van der Waals surface area contributed by atoms with Crippen molar-refractivity contribution in [2.45, 2.75) is 32.7 Å². The van der Waals surface area contributed by atoms with Crippen LogP contribution in [0.1, 0.15) is 30.9 Å². The first kappa shape index (κ1) is 18.5. The van der Waals surface area contributed by atoms with Crippen LogP contribution in [0.15, 0.2) is 18.2 Å². The number of piperidine rings is 1. The predicted molar refractivity (Wildman–Crippen MR) is 99.8 cm³/mol. The maximum atomic E-state index is 12.3. The number of urea groups is 1. The Morgan fingerprint density at radius 2 is 2.08 bits per heavy atom. The zero-order valence-electron chi connectivity index (χ0n) is 14.9. The van der Waals surface area contributed by atoms with Crippen molar-refractivity contribution in [3.8, 4) is 0 Å². The number of amides is 2. The number of hydrogen-bond donors (Lipinski definition) is 2. The van der Waals surface area contributed by atoms with Crippen LogP contribution in [0.3, 0.4) is 0 Å². The molecule has 1 fully saturated rings. The van der Waals surface area contributed by atoms with Gasteiger partial charge in [0.05, 0.1) is 0 Å². The average Bonchev–Trinajstić information content (AvgIpc) is 2.62. The number of carbonyl (C=O) groups is 1. The lowest BCUT2D eigenvalue weighted by molar-refractivity contribution is 0.0699. The van der Waals surface area contributed by atoms with E-state index in [-0.39, 0.29) is 18.1 Å². The van der Waals surface area contributed by atoms with Crippen molar-refractivity contribution < 1.29 is 9.90 Å². The van der Waals surface area contributed by atoms with E-state index in [2.05, 4.69) is 23.2 Å². The van der Waals surface area contributed by atoms with Gasteiger partial charge in [0.25, 0.3) is 0 Å². The normalized spacial score (nSPS) is 20.2. The molecule has 3 rings (SSSR count). The quantitative estimate of drug-likeness (QED) is 0.862. The van der Waals surface area contributed by atoms with Crippen LogP contribution >= 0.6 is 11.6 Å². The average molecular weight is 366 g/mol. The summed E-state index contributed by atoms with van der Waals surface area (Å²) in [5.74, 6) is 0. The molecule has 2 N–H and O–H groups in total. The Morgan fingerprint density at radius 1 is 1.32 bits per heavy atom. The molecule has 138 valence electrons. The number of aliphatic hydroxyl groups is 1. The van der Waals surface area contributed by atoms with Gasteiger partial charge in [-0.15, -0.1) is 0 Å². The first-order valence-electron chi connectivity index (χ1n) is 9.13. The third-order valence-electron chi connectivity index (χ3n) is 5.63. The molecule has 5 nitrogen and oxygen atoms in total. The van der Waals surface area contributed by atoms with E-state index >= 15 is 0 Å². The molecule has 0 atom stereocenters. The van der Waals surface area contributed by atoms with Crippen molar-refractivity contribution >= 4 is 17.6 Å². The van der Waals surface area contributed by atoms with E-state index in [9.17, 15) is 9.90 Å². The van der Waals surface area contributed by atoms with Crippen LogP contribution in [0.4, 0.5) is 4.79 Å². The molecular weight excluding hydrogens is 338 g/mol. The van der Waals surface area contributed by atoms with Crippen LogP contribution < -0.4 is 5.32 Å². The highest BCUT2D eigenvalue weighted by Gasteiger charge is 2.31. The van der Waals surface area contributed by atoms with E-state index in [4.69, 9.17) is 11.6 Å². The van der Waals surface area contributed by atoms with E-state index in [0.717, 1.165) is 57.0 Å². The van der Waals surface area contributed by atoms with Gasteiger partial charge in [0.15, 0.2) is 0 Å². The van der Waals surface area contributed by atoms with Crippen molar-refractivity contribution in [3.05, 3.63) is 34.3 Å².